The van der Waals surface area contributed by atoms with Gasteiger partial charge in [0, 0.05) is 5.31 Å². The molecule has 0 atom stereocenters. The maximum atomic E-state index is 9.18. The van der Waals surface area contributed by atoms with Gasteiger partial charge in [0.05, 0.1) is 0 Å². The molecule has 4 aliphatic rings. The van der Waals surface area contributed by atoms with Crippen molar-refractivity contribution in [2.75, 3.05) is 0 Å². The van der Waals surface area contributed by atoms with Crippen LogP contribution >= 0.6 is 0 Å². The lowest BCUT2D eigenvalue weighted by Gasteiger charge is -2.73. The first-order valence-electron chi connectivity index (χ1n) is 5.53. The monoisotopic (exact) mass is 180 g/mol. The van der Waals surface area contributed by atoms with Crippen LogP contribution < -0.4 is 0 Å². The largest absolute Gasteiger partial charge is 0.458 e. The summed E-state index contributed by atoms with van der Waals surface area (Å²) in [4.78, 5) is 0. The van der Waals surface area contributed by atoms with Crippen LogP contribution in [0.3, 0.4) is 0 Å². The van der Waals surface area contributed by atoms with E-state index in [9.17, 15) is 10.0 Å². The van der Waals surface area contributed by atoms with Gasteiger partial charge in [-0.05, 0) is 43.4 Å². The Balaban J connectivity index is 1.66. The Labute approximate surface area is 79.5 Å². The minimum absolute atomic E-state index is 0.0530. The summed E-state index contributed by atoms with van der Waals surface area (Å²) in [7, 11) is -1.05. The van der Waals surface area contributed by atoms with Gasteiger partial charge in [-0.3, -0.25) is 0 Å². The third-order valence-electron chi connectivity index (χ3n) is 4.88. The molecular formula is C10H17BO2. The van der Waals surface area contributed by atoms with Crippen LogP contribution in [0.15, 0.2) is 0 Å². The maximum Gasteiger partial charge on any atom is 0.458 e. The molecule has 4 saturated carbocycles. The second-order valence-electron chi connectivity index (χ2n) is 5.61. The van der Waals surface area contributed by atoms with E-state index in [4.69, 9.17) is 0 Å². The van der Waals surface area contributed by atoms with Gasteiger partial charge in [0.25, 0.3) is 0 Å². The van der Waals surface area contributed by atoms with E-state index in [0.29, 0.717) is 5.41 Å². The van der Waals surface area contributed by atoms with Crippen LogP contribution in [-0.4, -0.2) is 17.2 Å². The van der Waals surface area contributed by atoms with Crippen molar-refractivity contribution in [2.45, 2.75) is 50.3 Å². The normalized spacial score (nSPS) is 48.5. The zero-order valence-electron chi connectivity index (χ0n) is 8.00. The molecule has 0 unspecified atom stereocenters. The van der Waals surface area contributed by atoms with Gasteiger partial charge >= 0.3 is 7.12 Å². The summed E-state index contributed by atoms with van der Waals surface area (Å²) in [5.74, 6) is 0.924. The summed E-state index contributed by atoms with van der Waals surface area (Å²) in [6.45, 7) is 0. The fraction of sp³-hybridized carbons (Fsp3) is 1.00. The van der Waals surface area contributed by atoms with E-state index in [1.807, 2.05) is 0 Å². The summed E-state index contributed by atoms with van der Waals surface area (Å²) in [5.41, 5.74) is 0.570. The zero-order valence-corrected chi connectivity index (χ0v) is 8.00. The van der Waals surface area contributed by atoms with E-state index in [2.05, 4.69) is 0 Å². The van der Waals surface area contributed by atoms with E-state index in [0.717, 1.165) is 25.2 Å². The molecule has 0 aliphatic heterocycles. The van der Waals surface area contributed by atoms with Crippen LogP contribution in [0.25, 0.3) is 0 Å². The second-order valence-corrected chi connectivity index (χ2v) is 5.61. The number of rotatable bonds is 2. The average molecular weight is 180 g/mol. The van der Waals surface area contributed by atoms with Gasteiger partial charge in [0.2, 0.25) is 0 Å². The molecule has 0 radical (unpaired) electrons. The molecule has 0 heterocycles. The molecule has 0 aromatic rings. The lowest BCUT2D eigenvalue weighted by Crippen LogP contribution is -2.65. The Morgan fingerprint density at radius 2 is 1.54 bits per heavy atom. The van der Waals surface area contributed by atoms with E-state index in [1.54, 1.807) is 0 Å². The molecule has 0 amide bonds. The highest BCUT2D eigenvalue weighted by Gasteiger charge is 2.73. The molecule has 0 aromatic heterocycles. The van der Waals surface area contributed by atoms with Gasteiger partial charge in [-0.25, -0.2) is 0 Å². The fourth-order valence-electron chi connectivity index (χ4n) is 4.19. The smallest absolute Gasteiger partial charge is 0.427 e. The SMILES string of the molecule is OB(O)C12CC(C3CCCC3)(C1)C2. The Kier molecular flexibility index (Phi) is 1.48. The zero-order chi connectivity index (χ0) is 9.10. The van der Waals surface area contributed by atoms with Crippen LogP contribution in [0.2, 0.25) is 5.31 Å². The van der Waals surface area contributed by atoms with Crippen molar-refractivity contribution in [3.8, 4) is 0 Å². The van der Waals surface area contributed by atoms with Gasteiger partial charge in [-0.15, -0.1) is 0 Å². The molecule has 0 spiro atoms. The van der Waals surface area contributed by atoms with Crippen molar-refractivity contribution in [3.63, 3.8) is 0 Å². The first-order valence-corrected chi connectivity index (χ1v) is 5.53. The standard InChI is InChI=1S/C10H17BO2/c12-11(13)10-5-9(6-10,7-10)8-3-1-2-4-8/h8,12-13H,1-7H2. The Morgan fingerprint density at radius 3 is 2.00 bits per heavy atom. The first-order chi connectivity index (χ1) is 6.17. The van der Waals surface area contributed by atoms with Crippen LogP contribution in [0, 0.1) is 11.3 Å². The lowest BCUT2D eigenvalue weighted by atomic mass is 9.22. The summed E-state index contributed by atoms with van der Waals surface area (Å²) < 4.78 is 0. The van der Waals surface area contributed by atoms with Crippen molar-refractivity contribution in [1.82, 2.24) is 0 Å². The lowest BCUT2D eigenvalue weighted by molar-refractivity contribution is -0.149. The quantitative estimate of drug-likeness (QED) is 0.633. The Hall–Kier alpha value is -0.0151. The van der Waals surface area contributed by atoms with Gasteiger partial charge in [0.15, 0.2) is 0 Å². The topological polar surface area (TPSA) is 40.5 Å². The molecule has 4 aliphatic carbocycles. The van der Waals surface area contributed by atoms with E-state index in [-0.39, 0.29) is 5.31 Å². The molecule has 0 saturated heterocycles. The Morgan fingerprint density at radius 1 is 1.00 bits per heavy atom. The molecule has 2 nitrogen and oxygen atoms in total. The van der Waals surface area contributed by atoms with Gasteiger partial charge < -0.3 is 10.0 Å². The van der Waals surface area contributed by atoms with Crippen LogP contribution in [0.1, 0.15) is 44.9 Å². The summed E-state index contributed by atoms with van der Waals surface area (Å²) >= 11 is 0. The van der Waals surface area contributed by atoms with Gasteiger partial charge in [0.1, 0.15) is 0 Å². The van der Waals surface area contributed by atoms with Crippen molar-refractivity contribution < 1.29 is 10.0 Å². The second kappa shape index (κ2) is 2.32. The van der Waals surface area contributed by atoms with Crippen molar-refractivity contribution >= 4 is 7.12 Å². The Bertz CT molecular complexity index is 213. The van der Waals surface area contributed by atoms with Crippen LogP contribution in [-0.2, 0) is 0 Å². The highest BCUT2D eigenvalue weighted by Crippen LogP contribution is 2.82. The molecule has 4 fully saturated rings. The summed E-state index contributed by atoms with van der Waals surface area (Å²) in [5, 5.41) is 18.3. The third kappa shape index (κ3) is 0.874. The fourth-order valence-corrected chi connectivity index (χ4v) is 4.19. The van der Waals surface area contributed by atoms with Crippen LogP contribution in [0.5, 0.6) is 0 Å². The predicted octanol–water partition coefficient (Wildman–Crippen LogP) is 1.57. The number of hydrogen-bond acceptors (Lipinski definition) is 2. The van der Waals surface area contributed by atoms with Crippen molar-refractivity contribution in [2.24, 2.45) is 11.3 Å². The van der Waals surface area contributed by atoms with Crippen molar-refractivity contribution in [1.29, 1.82) is 0 Å². The van der Waals surface area contributed by atoms with Gasteiger partial charge in [-0.1, -0.05) is 12.8 Å². The molecule has 3 heteroatoms. The third-order valence-corrected chi connectivity index (χ3v) is 4.88. The molecule has 2 N–H and O–H groups in total. The van der Waals surface area contributed by atoms with Gasteiger partial charge in [-0.2, -0.15) is 0 Å². The average Bonchev–Trinajstić information content (AvgIpc) is 2.31. The van der Waals surface area contributed by atoms with Crippen molar-refractivity contribution in [3.05, 3.63) is 0 Å². The highest BCUT2D eigenvalue weighted by atomic mass is 16.4. The van der Waals surface area contributed by atoms with E-state index >= 15 is 0 Å². The molecule has 0 aromatic carbocycles. The molecular weight excluding hydrogens is 163 g/mol. The van der Waals surface area contributed by atoms with E-state index < -0.39 is 7.12 Å². The van der Waals surface area contributed by atoms with Crippen LogP contribution in [0.4, 0.5) is 0 Å². The first kappa shape index (κ1) is 8.31. The summed E-state index contributed by atoms with van der Waals surface area (Å²) in [6.07, 6.45) is 8.91. The molecule has 72 valence electrons. The predicted molar refractivity (Wildman–Crippen MR) is 51.1 cm³/mol. The minimum atomic E-state index is -1.05. The molecule has 4 rings (SSSR count). The molecule has 13 heavy (non-hydrogen) atoms. The molecule has 2 bridgehead atoms. The number of hydrogen-bond donors (Lipinski definition) is 2. The minimum Gasteiger partial charge on any atom is -0.427 e. The highest BCUT2D eigenvalue weighted by molar-refractivity contribution is 6.46. The summed E-state index contributed by atoms with van der Waals surface area (Å²) in [6, 6.07) is 0. The maximum absolute atomic E-state index is 9.18. The van der Waals surface area contributed by atoms with E-state index in [1.165, 1.54) is 25.7 Å².